The number of carbonyl (C=O) groups excluding carboxylic acids is 1. The van der Waals surface area contributed by atoms with E-state index in [9.17, 15) is 4.79 Å². The van der Waals surface area contributed by atoms with Gasteiger partial charge in [-0.1, -0.05) is 30.3 Å². The van der Waals surface area contributed by atoms with Crippen LogP contribution in [0.2, 0.25) is 0 Å². The summed E-state index contributed by atoms with van der Waals surface area (Å²) in [6.45, 7) is 13.9. The lowest BCUT2D eigenvalue weighted by molar-refractivity contribution is 0.0292. The lowest BCUT2D eigenvalue weighted by atomic mass is 9.95. The highest BCUT2D eigenvalue weighted by Gasteiger charge is 2.41. The molecule has 1 amide bonds. The highest BCUT2D eigenvalue weighted by Crippen LogP contribution is 2.30. The fourth-order valence-corrected chi connectivity index (χ4v) is 2.42. The number of carbonyl (C=O) groups is 1. The Balaban J connectivity index is 2.11. The van der Waals surface area contributed by atoms with Crippen LogP contribution in [0.4, 0.5) is 4.79 Å². The second-order valence-electron chi connectivity index (χ2n) is 6.10. The zero-order chi connectivity index (χ0) is 14.8. The fraction of sp³-hybridized carbons (Fsp3) is 0.500. The van der Waals surface area contributed by atoms with Crippen LogP contribution in [0.15, 0.2) is 30.3 Å². The Morgan fingerprint density at radius 3 is 2.50 bits per heavy atom. The average molecular weight is 272 g/mol. The fourth-order valence-electron chi connectivity index (χ4n) is 2.42. The Morgan fingerprint density at radius 2 is 1.95 bits per heavy atom. The molecule has 0 unspecified atom stereocenters. The van der Waals surface area contributed by atoms with Gasteiger partial charge in [0.05, 0.1) is 12.5 Å². The predicted molar refractivity (Wildman–Crippen MR) is 77.4 cm³/mol. The van der Waals surface area contributed by atoms with E-state index < -0.39 is 5.60 Å². The van der Waals surface area contributed by atoms with Gasteiger partial charge >= 0.3 is 6.09 Å². The van der Waals surface area contributed by atoms with Crippen molar-refractivity contribution in [1.29, 1.82) is 0 Å². The van der Waals surface area contributed by atoms with Gasteiger partial charge in [-0.25, -0.2) is 11.4 Å². The van der Waals surface area contributed by atoms with Gasteiger partial charge in [-0.05, 0) is 26.3 Å². The van der Waals surface area contributed by atoms with Gasteiger partial charge in [-0.15, -0.1) is 0 Å². The van der Waals surface area contributed by atoms with Gasteiger partial charge in [0, 0.05) is 6.54 Å². The van der Waals surface area contributed by atoms with Crippen molar-refractivity contribution < 1.29 is 9.53 Å². The molecule has 2 atom stereocenters. The number of nitrogens with zero attached hydrogens (tertiary/aromatic N) is 2. The van der Waals surface area contributed by atoms with Crippen LogP contribution in [-0.2, 0) is 4.74 Å². The molecule has 1 aliphatic heterocycles. The van der Waals surface area contributed by atoms with E-state index in [1.807, 2.05) is 51.1 Å². The Labute approximate surface area is 120 Å². The first-order chi connectivity index (χ1) is 9.40. The molecule has 0 aromatic heterocycles. The van der Waals surface area contributed by atoms with Crippen molar-refractivity contribution in [3.8, 4) is 0 Å². The molecule has 1 aliphatic rings. The molecule has 4 nitrogen and oxygen atoms in total. The van der Waals surface area contributed by atoms with Crippen molar-refractivity contribution in [2.75, 3.05) is 13.1 Å². The minimum Gasteiger partial charge on any atom is -0.444 e. The van der Waals surface area contributed by atoms with E-state index in [2.05, 4.69) is 4.85 Å². The lowest BCUT2D eigenvalue weighted by Gasteiger charge is -2.23. The number of rotatable bonds is 1. The first-order valence-electron chi connectivity index (χ1n) is 6.80. The molecule has 0 N–H and O–H groups in total. The van der Waals surface area contributed by atoms with Gasteiger partial charge < -0.3 is 9.58 Å². The second-order valence-corrected chi connectivity index (χ2v) is 6.10. The summed E-state index contributed by atoms with van der Waals surface area (Å²) in [7, 11) is 0. The number of ether oxygens (including phenoxy) is 1. The number of benzene rings is 1. The molecular weight excluding hydrogens is 252 g/mol. The van der Waals surface area contributed by atoms with Crippen molar-refractivity contribution in [2.45, 2.75) is 38.3 Å². The normalized spacial score (nSPS) is 22.4. The number of amides is 1. The van der Waals surface area contributed by atoms with E-state index in [1.54, 1.807) is 4.90 Å². The molecule has 0 bridgehead atoms. The highest BCUT2D eigenvalue weighted by atomic mass is 16.6. The van der Waals surface area contributed by atoms with Gasteiger partial charge in [0.2, 0.25) is 6.04 Å². The lowest BCUT2D eigenvalue weighted by Crippen LogP contribution is -2.35. The first kappa shape index (κ1) is 14.4. The molecule has 1 fully saturated rings. The summed E-state index contributed by atoms with van der Waals surface area (Å²) in [5.41, 5.74) is 0.606. The Morgan fingerprint density at radius 1 is 1.30 bits per heavy atom. The largest absolute Gasteiger partial charge is 0.444 e. The molecule has 1 heterocycles. The van der Waals surface area contributed by atoms with E-state index in [4.69, 9.17) is 11.3 Å². The predicted octanol–water partition coefficient (Wildman–Crippen LogP) is 3.31. The summed E-state index contributed by atoms with van der Waals surface area (Å²) in [6, 6.07) is 9.73. The minimum absolute atomic E-state index is 0.0706. The average Bonchev–Trinajstić information content (AvgIpc) is 2.82. The molecule has 20 heavy (non-hydrogen) atoms. The highest BCUT2D eigenvalue weighted by molar-refractivity contribution is 5.69. The Bertz CT molecular complexity index is 514. The minimum atomic E-state index is -0.504. The third-order valence-electron chi connectivity index (χ3n) is 3.33. The van der Waals surface area contributed by atoms with Crippen LogP contribution in [0.3, 0.4) is 0 Å². The molecule has 1 aromatic carbocycles. The van der Waals surface area contributed by atoms with E-state index in [0.29, 0.717) is 13.1 Å². The van der Waals surface area contributed by atoms with Crippen LogP contribution in [0.1, 0.15) is 32.3 Å². The molecule has 0 radical (unpaired) electrons. The maximum atomic E-state index is 12.1. The maximum absolute atomic E-state index is 12.1. The molecule has 106 valence electrons. The van der Waals surface area contributed by atoms with Crippen molar-refractivity contribution in [3.05, 3.63) is 47.3 Å². The first-order valence-corrected chi connectivity index (χ1v) is 6.80. The SMILES string of the molecule is [C-]#[N+][C@H]1CN(C(=O)OC(C)(C)C)C[C@@H]1c1ccccc1. The van der Waals surface area contributed by atoms with E-state index in [-0.39, 0.29) is 18.1 Å². The Kier molecular flexibility index (Phi) is 3.99. The van der Waals surface area contributed by atoms with Crippen LogP contribution in [0.25, 0.3) is 4.85 Å². The molecule has 0 spiro atoms. The van der Waals surface area contributed by atoms with Gasteiger partial charge in [0.1, 0.15) is 5.60 Å². The summed E-state index contributed by atoms with van der Waals surface area (Å²) < 4.78 is 5.38. The summed E-state index contributed by atoms with van der Waals surface area (Å²) >= 11 is 0. The molecule has 4 heteroatoms. The van der Waals surface area contributed by atoms with Gasteiger partial charge in [-0.3, -0.25) is 4.90 Å². The Hall–Kier alpha value is -2.02. The molecule has 0 saturated carbocycles. The van der Waals surface area contributed by atoms with Gasteiger partial charge in [-0.2, -0.15) is 0 Å². The maximum Gasteiger partial charge on any atom is 0.410 e. The third-order valence-corrected chi connectivity index (χ3v) is 3.33. The van der Waals surface area contributed by atoms with Gasteiger partial charge in [0.15, 0.2) is 0 Å². The number of hydrogen-bond acceptors (Lipinski definition) is 2. The molecule has 0 aliphatic carbocycles. The van der Waals surface area contributed by atoms with Crippen LogP contribution in [0, 0.1) is 6.57 Å². The molecular formula is C16H20N2O2. The standard InChI is InChI=1S/C16H20N2O2/c1-16(2,3)20-15(19)18-10-13(14(11-18)17-4)12-8-6-5-7-9-12/h5-9,13-14H,10-11H2,1-3H3/t13-,14+/m1/s1. The monoisotopic (exact) mass is 272 g/mol. The summed E-state index contributed by atoms with van der Waals surface area (Å²) in [5, 5.41) is 0. The van der Waals surface area contributed by atoms with Crippen molar-refractivity contribution in [3.63, 3.8) is 0 Å². The zero-order valence-electron chi connectivity index (χ0n) is 12.2. The van der Waals surface area contributed by atoms with Crippen LogP contribution in [-0.4, -0.2) is 35.7 Å². The van der Waals surface area contributed by atoms with Crippen LogP contribution in [0.5, 0.6) is 0 Å². The summed E-state index contributed by atoms with van der Waals surface area (Å²) in [4.78, 5) is 17.4. The summed E-state index contributed by atoms with van der Waals surface area (Å²) in [6.07, 6.45) is -0.329. The van der Waals surface area contributed by atoms with Crippen LogP contribution < -0.4 is 0 Å². The van der Waals surface area contributed by atoms with E-state index in [1.165, 1.54) is 0 Å². The molecule has 2 rings (SSSR count). The van der Waals surface area contributed by atoms with Crippen molar-refractivity contribution in [1.82, 2.24) is 4.90 Å². The van der Waals surface area contributed by atoms with Gasteiger partial charge in [0.25, 0.3) is 0 Å². The smallest absolute Gasteiger partial charge is 0.410 e. The van der Waals surface area contributed by atoms with Crippen LogP contribution >= 0.6 is 0 Å². The second kappa shape index (κ2) is 5.54. The zero-order valence-corrected chi connectivity index (χ0v) is 12.2. The van der Waals surface area contributed by atoms with Crippen molar-refractivity contribution >= 4 is 6.09 Å². The topological polar surface area (TPSA) is 33.9 Å². The number of hydrogen-bond donors (Lipinski definition) is 0. The quantitative estimate of drug-likeness (QED) is 0.735. The number of likely N-dealkylation sites (tertiary alicyclic amines) is 1. The summed E-state index contributed by atoms with van der Waals surface area (Å²) in [5.74, 6) is 0.0706. The molecule has 1 saturated heterocycles. The van der Waals surface area contributed by atoms with E-state index >= 15 is 0 Å². The van der Waals surface area contributed by atoms with E-state index in [0.717, 1.165) is 5.56 Å². The molecule has 1 aromatic rings. The third kappa shape index (κ3) is 3.30. The van der Waals surface area contributed by atoms with Crippen molar-refractivity contribution in [2.24, 2.45) is 0 Å².